The van der Waals surface area contributed by atoms with Crippen molar-refractivity contribution >= 4 is 117 Å². The molecular weight excluding hydrogens is 915 g/mol. The van der Waals surface area contributed by atoms with Crippen molar-refractivity contribution in [1.29, 1.82) is 0 Å². The van der Waals surface area contributed by atoms with Gasteiger partial charge in [0.2, 0.25) is 0 Å². The van der Waals surface area contributed by atoms with Crippen LogP contribution in [-0.2, 0) is 16.2 Å². The number of rotatable bonds is 6. The molecule has 0 heterocycles. The molecule has 12 aromatic carbocycles. The molecule has 3 aliphatic carbocycles. The third kappa shape index (κ3) is 6.26. The summed E-state index contributed by atoms with van der Waals surface area (Å²) in [5, 5.41) is 15.9. The summed E-state index contributed by atoms with van der Waals surface area (Å²) >= 11 is 0. The Balaban J connectivity index is 0.838. The third-order valence-electron chi connectivity index (χ3n) is 18.0. The number of benzene rings is 12. The number of hydrogen-bond donors (Lipinski definition) is 0. The Kier molecular flexibility index (Phi) is 9.47. The topological polar surface area (TPSA) is 3.24 Å². The quantitative estimate of drug-likeness (QED) is 0.150. The maximum Gasteiger partial charge on any atom is 0.0462 e. The molecule has 0 saturated carbocycles. The molecule has 0 radical (unpaired) electrons. The maximum atomic E-state index is 2.47. The smallest absolute Gasteiger partial charge is 0.0462 e. The first-order valence-corrected chi connectivity index (χ1v) is 27.1. The highest BCUT2D eigenvalue weighted by molar-refractivity contribution is 6.20. The third-order valence-corrected chi connectivity index (χ3v) is 18.0. The van der Waals surface area contributed by atoms with Crippen LogP contribution in [0.25, 0.3) is 99.6 Å². The van der Waals surface area contributed by atoms with Gasteiger partial charge in [0.1, 0.15) is 0 Å². The summed E-state index contributed by atoms with van der Waals surface area (Å²) in [5.41, 5.74) is 18.8. The van der Waals surface area contributed by atoms with Gasteiger partial charge in [-0.25, -0.2) is 0 Å². The van der Waals surface area contributed by atoms with Crippen molar-refractivity contribution in [2.75, 3.05) is 4.90 Å². The number of anilines is 3. The predicted molar refractivity (Wildman–Crippen MR) is 328 cm³/mol. The second-order valence-electron chi connectivity index (χ2n) is 23.2. The minimum Gasteiger partial charge on any atom is -0.311 e. The van der Waals surface area contributed by atoms with Crippen LogP contribution in [0.1, 0.15) is 91.6 Å². The van der Waals surface area contributed by atoms with E-state index in [1.54, 1.807) is 0 Å². The van der Waals surface area contributed by atoms with Crippen molar-refractivity contribution in [1.82, 2.24) is 0 Å². The van der Waals surface area contributed by atoms with Crippen LogP contribution < -0.4 is 4.90 Å². The summed E-state index contributed by atoms with van der Waals surface area (Å²) in [7, 11) is 0. The van der Waals surface area contributed by atoms with E-state index in [-0.39, 0.29) is 16.2 Å². The Morgan fingerprint density at radius 2 is 0.421 bits per heavy atom. The lowest BCUT2D eigenvalue weighted by Gasteiger charge is -2.30. The highest BCUT2D eigenvalue weighted by atomic mass is 15.1. The molecule has 12 aromatic rings. The molecule has 3 aliphatic rings. The van der Waals surface area contributed by atoms with E-state index in [2.05, 4.69) is 283 Å². The summed E-state index contributed by atoms with van der Waals surface area (Å²) in [6, 6.07) is 81.8. The number of allylic oxidation sites excluding steroid dienone is 3. The standard InChI is InChI=1S/C75H57N/c1-73(2)67(43-64-58-25-10-7-19-52(58)55-22-13-16-28-61(55)70(64)73)46-31-37-49(38-32-46)76(50-39-33-47(34-40-50)68-44-65-59-26-11-8-20-53(59)56-23-14-17-29-62(56)71(65)74(68,3)4)51-41-35-48(36-42-51)69-45-66-60-27-12-9-21-54(60)57-24-15-18-30-63(57)72(66)75(69,5)6/h7-45H,1-6H3. The van der Waals surface area contributed by atoms with Crippen molar-refractivity contribution in [3.05, 3.63) is 268 Å². The second kappa shape index (κ2) is 16.1. The summed E-state index contributed by atoms with van der Waals surface area (Å²) in [6.45, 7) is 14.4. The van der Waals surface area contributed by atoms with Gasteiger partial charge in [-0.15, -0.1) is 0 Å². The molecule has 0 N–H and O–H groups in total. The van der Waals surface area contributed by atoms with Gasteiger partial charge in [-0.1, -0.05) is 224 Å². The average molecular weight is 972 g/mol. The highest BCUT2D eigenvalue weighted by Crippen LogP contribution is 2.56. The van der Waals surface area contributed by atoms with Crippen molar-refractivity contribution in [2.45, 2.75) is 57.8 Å². The van der Waals surface area contributed by atoms with E-state index in [1.807, 2.05) is 0 Å². The van der Waals surface area contributed by atoms with E-state index < -0.39 is 0 Å². The van der Waals surface area contributed by atoms with Gasteiger partial charge in [0, 0.05) is 33.3 Å². The van der Waals surface area contributed by atoms with Gasteiger partial charge in [-0.3, -0.25) is 0 Å². The fourth-order valence-corrected chi connectivity index (χ4v) is 14.5. The Morgan fingerprint density at radius 1 is 0.224 bits per heavy atom. The Morgan fingerprint density at radius 3 is 0.658 bits per heavy atom. The molecule has 1 heteroatoms. The van der Waals surface area contributed by atoms with E-state index in [4.69, 9.17) is 0 Å². The van der Waals surface area contributed by atoms with Gasteiger partial charge in [0.25, 0.3) is 0 Å². The first kappa shape index (κ1) is 44.7. The molecular formula is C75H57N. The van der Waals surface area contributed by atoms with Crippen LogP contribution in [0, 0.1) is 0 Å². The van der Waals surface area contributed by atoms with Gasteiger partial charge >= 0.3 is 0 Å². The van der Waals surface area contributed by atoms with Gasteiger partial charge < -0.3 is 4.90 Å². The first-order valence-electron chi connectivity index (χ1n) is 27.1. The van der Waals surface area contributed by atoms with Gasteiger partial charge in [0.05, 0.1) is 0 Å². The minimum absolute atomic E-state index is 0.201. The van der Waals surface area contributed by atoms with E-state index in [0.717, 1.165) is 17.1 Å². The maximum absolute atomic E-state index is 2.47. The van der Waals surface area contributed by atoms with Crippen LogP contribution in [0.2, 0.25) is 0 Å². The van der Waals surface area contributed by atoms with E-state index in [9.17, 15) is 0 Å². The van der Waals surface area contributed by atoms with E-state index in [0.29, 0.717) is 0 Å². The Hall–Kier alpha value is -8.78. The summed E-state index contributed by atoms with van der Waals surface area (Å²) in [4.78, 5) is 2.44. The zero-order chi connectivity index (χ0) is 51.2. The van der Waals surface area contributed by atoms with Crippen molar-refractivity contribution in [3.8, 4) is 0 Å². The van der Waals surface area contributed by atoms with E-state index >= 15 is 0 Å². The molecule has 0 aliphatic heterocycles. The monoisotopic (exact) mass is 971 g/mol. The molecule has 0 aromatic heterocycles. The molecule has 0 spiro atoms. The zero-order valence-electron chi connectivity index (χ0n) is 44.0. The molecule has 76 heavy (non-hydrogen) atoms. The molecule has 0 bridgehead atoms. The lowest BCUT2D eigenvalue weighted by molar-refractivity contribution is 0.711. The van der Waals surface area contributed by atoms with Crippen LogP contribution >= 0.6 is 0 Å². The van der Waals surface area contributed by atoms with E-state index in [1.165, 1.54) is 131 Å². The molecule has 0 amide bonds. The van der Waals surface area contributed by atoms with Gasteiger partial charge in [0.15, 0.2) is 0 Å². The first-order chi connectivity index (χ1) is 37.0. The normalized spacial score (nSPS) is 15.8. The molecule has 0 fully saturated rings. The molecule has 362 valence electrons. The minimum atomic E-state index is -0.201. The molecule has 1 nitrogen and oxygen atoms in total. The lowest BCUT2D eigenvalue weighted by Crippen LogP contribution is -2.18. The summed E-state index contributed by atoms with van der Waals surface area (Å²) < 4.78 is 0. The Labute approximate surface area is 445 Å². The fourth-order valence-electron chi connectivity index (χ4n) is 14.5. The molecule has 0 atom stereocenters. The van der Waals surface area contributed by atoms with Crippen LogP contribution in [0.15, 0.2) is 218 Å². The highest BCUT2D eigenvalue weighted by Gasteiger charge is 2.39. The van der Waals surface area contributed by atoms with Crippen LogP contribution in [0.5, 0.6) is 0 Å². The van der Waals surface area contributed by atoms with Crippen LogP contribution in [-0.4, -0.2) is 0 Å². The average Bonchev–Trinajstić information content (AvgIpc) is 4.22. The van der Waals surface area contributed by atoms with Crippen LogP contribution in [0.4, 0.5) is 17.1 Å². The molecule has 0 saturated heterocycles. The van der Waals surface area contributed by atoms with Crippen molar-refractivity contribution in [2.24, 2.45) is 0 Å². The summed E-state index contributed by atoms with van der Waals surface area (Å²) in [6.07, 6.45) is 7.42. The van der Waals surface area contributed by atoms with Crippen LogP contribution in [0.3, 0.4) is 0 Å². The van der Waals surface area contributed by atoms with Crippen molar-refractivity contribution < 1.29 is 0 Å². The fraction of sp³-hybridized carbons (Fsp3) is 0.120. The zero-order valence-corrected chi connectivity index (χ0v) is 44.0. The van der Waals surface area contributed by atoms with Gasteiger partial charge in [-0.2, -0.15) is 0 Å². The number of nitrogens with zero attached hydrogens (tertiary/aromatic N) is 1. The second-order valence-corrected chi connectivity index (χ2v) is 23.2. The number of hydrogen-bond acceptors (Lipinski definition) is 1. The van der Waals surface area contributed by atoms with Crippen molar-refractivity contribution in [3.63, 3.8) is 0 Å². The Bertz CT molecular complexity index is 4090. The SMILES string of the molecule is CC1(C)C(c2ccc(N(c3ccc(C4=Cc5c(c6ccccc6c6ccccc56)C4(C)C)cc3)c3ccc(C4=Cc5c(c6ccccc6c6ccccc56)C4(C)C)cc3)cc2)=Cc2c1c1ccccc1c1ccccc21. The lowest BCUT2D eigenvalue weighted by atomic mass is 9.76. The molecule has 0 unspecified atom stereocenters. The largest absolute Gasteiger partial charge is 0.311 e. The number of fused-ring (bicyclic) bond motifs is 18. The predicted octanol–water partition coefficient (Wildman–Crippen LogP) is 20.6. The molecule has 15 rings (SSSR count). The van der Waals surface area contributed by atoms with Gasteiger partial charge in [-0.05, 0) is 186 Å². The summed E-state index contributed by atoms with van der Waals surface area (Å²) in [5.74, 6) is 0.